The highest BCUT2D eigenvalue weighted by Crippen LogP contribution is 2.25. The molecule has 0 atom stereocenters. The molecule has 0 N–H and O–H groups in total. The fourth-order valence-corrected chi connectivity index (χ4v) is 2.38. The van der Waals surface area contributed by atoms with E-state index >= 15 is 0 Å². The molecule has 0 radical (unpaired) electrons. The number of nitrogens with zero attached hydrogens (tertiary/aromatic N) is 2. The largest absolute Gasteiger partial charge is 0.303 e. The number of halogens is 2. The van der Waals surface area contributed by atoms with E-state index in [0.717, 1.165) is 27.1 Å². The molecule has 0 saturated carbocycles. The smallest absolute Gasteiger partial charge is 0.137 e. The van der Waals surface area contributed by atoms with Crippen molar-refractivity contribution < 1.29 is 4.39 Å². The van der Waals surface area contributed by atoms with Crippen LogP contribution in [0.5, 0.6) is 0 Å². The average Bonchev–Trinajstić information content (AvgIpc) is 2.67. The molecule has 2 nitrogen and oxygen atoms in total. The Bertz CT molecular complexity index is 734. The van der Waals surface area contributed by atoms with Crippen molar-refractivity contribution in [3.05, 3.63) is 58.6 Å². The van der Waals surface area contributed by atoms with Crippen LogP contribution >= 0.6 is 15.9 Å². The van der Waals surface area contributed by atoms with Gasteiger partial charge in [-0.15, -0.1) is 0 Å². The SMILES string of the molecule is Cc1c(-c2cccc(F)c2)nc2ccc(Br)cn12. The predicted molar refractivity (Wildman–Crippen MR) is 73.0 cm³/mol. The van der Waals surface area contributed by atoms with Crippen LogP contribution in [0.15, 0.2) is 47.1 Å². The Morgan fingerprint density at radius 1 is 1.22 bits per heavy atom. The molecule has 0 bridgehead atoms. The molecule has 1 aromatic carbocycles. The molecule has 90 valence electrons. The van der Waals surface area contributed by atoms with Gasteiger partial charge in [0.1, 0.15) is 11.5 Å². The summed E-state index contributed by atoms with van der Waals surface area (Å²) in [5.41, 5.74) is 3.46. The van der Waals surface area contributed by atoms with Gasteiger partial charge in [-0.3, -0.25) is 0 Å². The first-order valence-corrected chi connectivity index (χ1v) is 6.34. The third-order valence-corrected chi connectivity index (χ3v) is 3.39. The van der Waals surface area contributed by atoms with Crippen LogP contribution < -0.4 is 0 Å². The Hall–Kier alpha value is -1.68. The standard InChI is InChI=1S/C14H10BrFN2/c1-9-14(10-3-2-4-12(16)7-10)17-13-6-5-11(15)8-18(9)13/h2-8H,1H3. The van der Waals surface area contributed by atoms with Gasteiger partial charge in [-0.2, -0.15) is 0 Å². The first kappa shape index (κ1) is 11.4. The number of rotatable bonds is 1. The molecule has 0 aliphatic heterocycles. The van der Waals surface area contributed by atoms with E-state index in [1.807, 2.05) is 35.7 Å². The number of aromatic nitrogens is 2. The van der Waals surface area contributed by atoms with Crippen molar-refractivity contribution in [2.75, 3.05) is 0 Å². The average molecular weight is 305 g/mol. The van der Waals surface area contributed by atoms with Crippen molar-refractivity contribution in [2.24, 2.45) is 0 Å². The predicted octanol–water partition coefficient (Wildman–Crippen LogP) is 4.21. The summed E-state index contributed by atoms with van der Waals surface area (Å²) < 4.78 is 16.2. The second-order valence-electron chi connectivity index (χ2n) is 4.13. The Morgan fingerprint density at radius 2 is 2.06 bits per heavy atom. The number of aryl methyl sites for hydroxylation is 1. The molecular formula is C14H10BrFN2. The first-order chi connectivity index (χ1) is 8.65. The Labute approximate surface area is 112 Å². The topological polar surface area (TPSA) is 17.3 Å². The summed E-state index contributed by atoms with van der Waals surface area (Å²) in [6, 6.07) is 10.4. The van der Waals surface area contributed by atoms with Crippen LogP contribution in [-0.2, 0) is 0 Å². The number of hydrogen-bond donors (Lipinski definition) is 0. The summed E-state index contributed by atoms with van der Waals surface area (Å²) in [7, 11) is 0. The maximum absolute atomic E-state index is 13.3. The summed E-state index contributed by atoms with van der Waals surface area (Å²) in [5.74, 6) is -0.245. The molecule has 4 heteroatoms. The van der Waals surface area contributed by atoms with Crippen LogP contribution in [0, 0.1) is 12.7 Å². The monoisotopic (exact) mass is 304 g/mol. The minimum Gasteiger partial charge on any atom is -0.303 e. The summed E-state index contributed by atoms with van der Waals surface area (Å²) >= 11 is 3.44. The van der Waals surface area contributed by atoms with Gasteiger partial charge in [0.15, 0.2) is 0 Å². The summed E-state index contributed by atoms with van der Waals surface area (Å²) in [6.07, 6.45) is 1.96. The molecule has 0 aliphatic carbocycles. The molecule has 3 aromatic rings. The second-order valence-corrected chi connectivity index (χ2v) is 5.05. The number of imidazole rings is 1. The summed E-state index contributed by atoms with van der Waals surface area (Å²) in [6.45, 7) is 1.98. The van der Waals surface area contributed by atoms with Crippen molar-refractivity contribution >= 4 is 21.6 Å². The van der Waals surface area contributed by atoms with Gasteiger partial charge in [0, 0.05) is 21.9 Å². The molecule has 2 heterocycles. The van der Waals surface area contributed by atoms with Crippen LogP contribution in [0.1, 0.15) is 5.69 Å². The lowest BCUT2D eigenvalue weighted by Gasteiger charge is -2.00. The Morgan fingerprint density at radius 3 is 2.83 bits per heavy atom. The van der Waals surface area contributed by atoms with E-state index < -0.39 is 0 Å². The minimum absolute atomic E-state index is 0.245. The van der Waals surface area contributed by atoms with Crippen molar-refractivity contribution in [1.82, 2.24) is 9.38 Å². The Kier molecular flexibility index (Phi) is 2.67. The van der Waals surface area contributed by atoms with Crippen LogP contribution in [-0.4, -0.2) is 9.38 Å². The van der Waals surface area contributed by atoms with Gasteiger partial charge >= 0.3 is 0 Å². The molecule has 0 spiro atoms. The molecule has 2 aromatic heterocycles. The fourth-order valence-electron chi connectivity index (χ4n) is 2.05. The van der Waals surface area contributed by atoms with E-state index in [4.69, 9.17) is 0 Å². The van der Waals surface area contributed by atoms with E-state index in [1.54, 1.807) is 6.07 Å². The van der Waals surface area contributed by atoms with E-state index in [-0.39, 0.29) is 5.82 Å². The summed E-state index contributed by atoms with van der Waals surface area (Å²) in [5, 5.41) is 0. The molecular weight excluding hydrogens is 295 g/mol. The molecule has 3 rings (SSSR count). The van der Waals surface area contributed by atoms with Crippen molar-refractivity contribution in [3.8, 4) is 11.3 Å². The molecule has 0 saturated heterocycles. The molecule has 0 amide bonds. The van der Waals surface area contributed by atoms with Gasteiger partial charge in [0.2, 0.25) is 0 Å². The van der Waals surface area contributed by atoms with Gasteiger partial charge in [0.25, 0.3) is 0 Å². The van der Waals surface area contributed by atoms with Gasteiger partial charge in [0.05, 0.1) is 5.69 Å². The third kappa shape index (κ3) is 1.82. The van der Waals surface area contributed by atoms with Gasteiger partial charge < -0.3 is 4.40 Å². The minimum atomic E-state index is -0.245. The molecule has 18 heavy (non-hydrogen) atoms. The first-order valence-electron chi connectivity index (χ1n) is 5.55. The zero-order valence-electron chi connectivity index (χ0n) is 9.69. The summed E-state index contributed by atoms with van der Waals surface area (Å²) in [4.78, 5) is 4.54. The van der Waals surface area contributed by atoms with Crippen LogP contribution in [0.3, 0.4) is 0 Å². The number of hydrogen-bond acceptors (Lipinski definition) is 1. The zero-order valence-corrected chi connectivity index (χ0v) is 11.3. The second kappa shape index (κ2) is 4.21. The van der Waals surface area contributed by atoms with Crippen molar-refractivity contribution in [2.45, 2.75) is 6.92 Å². The van der Waals surface area contributed by atoms with Gasteiger partial charge in [-0.05, 0) is 47.1 Å². The lowest BCUT2D eigenvalue weighted by Crippen LogP contribution is -1.87. The molecule has 0 unspecified atom stereocenters. The van der Waals surface area contributed by atoms with Crippen molar-refractivity contribution in [1.29, 1.82) is 0 Å². The fraction of sp³-hybridized carbons (Fsp3) is 0.0714. The molecule has 0 fully saturated rings. The maximum atomic E-state index is 13.3. The van der Waals surface area contributed by atoms with E-state index in [1.165, 1.54) is 12.1 Å². The lowest BCUT2D eigenvalue weighted by molar-refractivity contribution is 0.628. The van der Waals surface area contributed by atoms with Crippen molar-refractivity contribution in [3.63, 3.8) is 0 Å². The number of fused-ring (bicyclic) bond motifs is 1. The molecule has 0 aliphatic rings. The van der Waals surface area contributed by atoms with E-state index in [2.05, 4.69) is 20.9 Å². The van der Waals surface area contributed by atoms with Crippen LogP contribution in [0.2, 0.25) is 0 Å². The number of pyridine rings is 1. The normalized spacial score (nSPS) is 11.1. The van der Waals surface area contributed by atoms with Crippen LogP contribution in [0.25, 0.3) is 16.9 Å². The highest BCUT2D eigenvalue weighted by Gasteiger charge is 2.10. The maximum Gasteiger partial charge on any atom is 0.137 e. The number of benzene rings is 1. The van der Waals surface area contributed by atoms with E-state index in [0.29, 0.717) is 0 Å². The van der Waals surface area contributed by atoms with E-state index in [9.17, 15) is 4.39 Å². The van der Waals surface area contributed by atoms with Gasteiger partial charge in [-0.1, -0.05) is 12.1 Å². The Balaban J connectivity index is 2.27. The lowest BCUT2D eigenvalue weighted by atomic mass is 10.1. The quantitative estimate of drug-likeness (QED) is 0.658. The highest BCUT2D eigenvalue weighted by molar-refractivity contribution is 9.10. The van der Waals surface area contributed by atoms with Gasteiger partial charge in [-0.25, -0.2) is 9.37 Å². The third-order valence-electron chi connectivity index (χ3n) is 2.92. The zero-order chi connectivity index (χ0) is 12.7. The highest BCUT2D eigenvalue weighted by atomic mass is 79.9. The van der Waals surface area contributed by atoms with Crippen LogP contribution in [0.4, 0.5) is 4.39 Å².